The van der Waals surface area contributed by atoms with Gasteiger partial charge in [0.2, 0.25) is 0 Å². The molecule has 0 saturated carbocycles. The number of pyridine rings is 1. The predicted molar refractivity (Wildman–Crippen MR) is 75.0 cm³/mol. The Hall–Kier alpha value is -1.59. The van der Waals surface area contributed by atoms with Crippen LogP contribution in [0.1, 0.15) is 42.7 Å². The molecule has 2 heterocycles. The van der Waals surface area contributed by atoms with E-state index < -0.39 is 6.10 Å². The van der Waals surface area contributed by atoms with Crippen molar-refractivity contribution in [2.75, 3.05) is 5.73 Å². The number of halogens is 1. The minimum atomic E-state index is -0.924. The quantitative estimate of drug-likeness (QED) is 0.904. The smallest absolute Gasteiger partial charge is 0.133 e. The molecule has 1 unspecified atom stereocenters. The molecule has 3 N–H and O–H groups in total. The molecule has 0 fully saturated rings. The second-order valence-electron chi connectivity index (χ2n) is 4.75. The Balaban J connectivity index is 2.56. The van der Waals surface area contributed by atoms with Crippen LogP contribution in [0.5, 0.6) is 0 Å². The number of nitrogen functional groups attached to an aromatic ring is 1. The van der Waals surface area contributed by atoms with Gasteiger partial charge in [-0.1, -0.05) is 31.5 Å². The molecule has 0 aliphatic carbocycles. The first-order valence-corrected chi connectivity index (χ1v) is 6.42. The van der Waals surface area contributed by atoms with Crippen LogP contribution in [0.4, 0.5) is 5.82 Å². The number of aliphatic hydroxyl groups is 1. The third kappa shape index (κ3) is 2.43. The van der Waals surface area contributed by atoms with Gasteiger partial charge >= 0.3 is 0 Å². The molecule has 0 saturated heterocycles. The average Bonchev–Trinajstić information content (AvgIpc) is 2.66. The summed E-state index contributed by atoms with van der Waals surface area (Å²) in [6.07, 6.45) is 0.659. The van der Waals surface area contributed by atoms with Crippen molar-refractivity contribution in [3.63, 3.8) is 0 Å². The zero-order chi connectivity index (χ0) is 14.2. The number of rotatable bonds is 3. The molecule has 6 heteroatoms. The van der Waals surface area contributed by atoms with Crippen LogP contribution in [-0.4, -0.2) is 19.9 Å². The summed E-state index contributed by atoms with van der Waals surface area (Å²) in [7, 11) is 1.75. The van der Waals surface area contributed by atoms with E-state index >= 15 is 0 Å². The van der Waals surface area contributed by atoms with Crippen LogP contribution in [-0.2, 0) is 7.05 Å². The van der Waals surface area contributed by atoms with Gasteiger partial charge in [-0.15, -0.1) is 0 Å². The Morgan fingerprint density at radius 2 is 2.11 bits per heavy atom. The molecule has 0 spiro atoms. The van der Waals surface area contributed by atoms with Crippen molar-refractivity contribution in [2.24, 2.45) is 7.05 Å². The minimum Gasteiger partial charge on any atom is -0.383 e. The van der Waals surface area contributed by atoms with Crippen molar-refractivity contribution in [3.8, 4) is 0 Å². The van der Waals surface area contributed by atoms with Crippen molar-refractivity contribution < 1.29 is 5.11 Å². The maximum Gasteiger partial charge on any atom is 0.133 e. The molecular weight excluding hydrogens is 264 g/mol. The zero-order valence-electron chi connectivity index (χ0n) is 11.1. The summed E-state index contributed by atoms with van der Waals surface area (Å²) < 4.78 is 1.56. The lowest BCUT2D eigenvalue weighted by atomic mass is 9.98. The summed E-state index contributed by atoms with van der Waals surface area (Å²) in [6.45, 7) is 4.00. The van der Waals surface area contributed by atoms with E-state index in [1.165, 1.54) is 0 Å². The Kier molecular flexibility index (Phi) is 3.78. The maximum atomic E-state index is 10.5. The Labute approximate surface area is 117 Å². The van der Waals surface area contributed by atoms with Gasteiger partial charge in [0.15, 0.2) is 0 Å². The van der Waals surface area contributed by atoms with Crippen LogP contribution in [0.3, 0.4) is 0 Å². The number of aromatic nitrogens is 3. The molecule has 0 bridgehead atoms. The average molecular weight is 281 g/mol. The van der Waals surface area contributed by atoms with E-state index in [4.69, 9.17) is 17.3 Å². The number of hydrogen-bond acceptors (Lipinski definition) is 4. The number of aryl methyl sites for hydroxylation is 1. The highest BCUT2D eigenvalue weighted by atomic mass is 35.5. The van der Waals surface area contributed by atoms with Crippen molar-refractivity contribution in [1.29, 1.82) is 0 Å². The molecule has 1 atom stereocenters. The Morgan fingerprint density at radius 3 is 2.68 bits per heavy atom. The fraction of sp³-hybridized carbons (Fsp3) is 0.385. The lowest BCUT2D eigenvalue weighted by molar-refractivity contribution is 0.219. The predicted octanol–water partition coefficient (Wildman–Crippen LogP) is 2.26. The van der Waals surface area contributed by atoms with E-state index in [2.05, 4.69) is 10.1 Å². The third-order valence-corrected chi connectivity index (χ3v) is 3.47. The first-order valence-electron chi connectivity index (χ1n) is 6.04. The minimum absolute atomic E-state index is 0.154. The van der Waals surface area contributed by atoms with Crippen LogP contribution >= 0.6 is 11.6 Å². The monoisotopic (exact) mass is 280 g/mol. The maximum absolute atomic E-state index is 10.5. The van der Waals surface area contributed by atoms with Crippen LogP contribution in [0.15, 0.2) is 18.3 Å². The number of anilines is 1. The van der Waals surface area contributed by atoms with E-state index in [9.17, 15) is 5.11 Å². The Morgan fingerprint density at radius 1 is 1.42 bits per heavy atom. The lowest BCUT2D eigenvalue weighted by Crippen LogP contribution is -2.07. The standard InChI is InChI=1S/C13H17ClN4O/c1-7(2)10-9(12(14)18(3)17-10)11(19)8-5-4-6-16-13(8)15/h4-7,11,19H,1-3H3,(H2,15,16). The fourth-order valence-electron chi connectivity index (χ4n) is 2.04. The van der Waals surface area contributed by atoms with Crippen LogP contribution in [0.25, 0.3) is 0 Å². The summed E-state index contributed by atoms with van der Waals surface area (Å²) in [4.78, 5) is 3.98. The van der Waals surface area contributed by atoms with Gasteiger partial charge in [0.05, 0.1) is 5.69 Å². The molecular formula is C13H17ClN4O. The van der Waals surface area contributed by atoms with Crippen LogP contribution in [0.2, 0.25) is 5.15 Å². The van der Waals surface area contributed by atoms with Crippen molar-refractivity contribution in [1.82, 2.24) is 14.8 Å². The van der Waals surface area contributed by atoms with Gasteiger partial charge in [0.25, 0.3) is 0 Å². The molecule has 5 nitrogen and oxygen atoms in total. The van der Waals surface area contributed by atoms with Gasteiger partial charge in [-0.3, -0.25) is 4.68 Å². The third-order valence-electron chi connectivity index (χ3n) is 3.03. The van der Waals surface area contributed by atoms with Gasteiger partial charge in [0.1, 0.15) is 17.1 Å². The molecule has 0 aliphatic rings. The highest BCUT2D eigenvalue weighted by Crippen LogP contribution is 2.35. The molecule has 0 amide bonds. The van der Waals surface area contributed by atoms with Gasteiger partial charge in [-0.2, -0.15) is 5.10 Å². The molecule has 0 aliphatic heterocycles. The summed E-state index contributed by atoms with van der Waals surface area (Å²) in [5.41, 5.74) is 7.70. The number of nitrogens with two attached hydrogens (primary N) is 1. The zero-order valence-corrected chi connectivity index (χ0v) is 11.9. The fourth-order valence-corrected chi connectivity index (χ4v) is 2.27. The molecule has 102 valence electrons. The number of hydrogen-bond donors (Lipinski definition) is 2. The topological polar surface area (TPSA) is 77.0 Å². The Bertz CT molecular complexity index is 594. The summed E-state index contributed by atoms with van der Waals surface area (Å²) in [6, 6.07) is 3.47. The largest absolute Gasteiger partial charge is 0.383 e. The lowest BCUT2D eigenvalue weighted by Gasteiger charge is -2.14. The van der Waals surface area contributed by atoms with Gasteiger partial charge in [0, 0.05) is 24.4 Å². The van der Waals surface area contributed by atoms with E-state index in [-0.39, 0.29) is 5.92 Å². The second-order valence-corrected chi connectivity index (χ2v) is 5.11. The molecule has 0 radical (unpaired) electrons. The number of aliphatic hydroxyl groups excluding tert-OH is 1. The van der Waals surface area contributed by atoms with Crippen molar-refractivity contribution in [2.45, 2.75) is 25.9 Å². The molecule has 2 aromatic heterocycles. The SMILES string of the molecule is CC(C)c1nn(C)c(Cl)c1C(O)c1cccnc1N. The first kappa shape index (κ1) is 13.8. The van der Waals surface area contributed by atoms with Gasteiger partial charge in [-0.25, -0.2) is 4.98 Å². The van der Waals surface area contributed by atoms with E-state index in [0.717, 1.165) is 5.69 Å². The summed E-state index contributed by atoms with van der Waals surface area (Å²) >= 11 is 6.23. The number of nitrogens with zero attached hydrogens (tertiary/aromatic N) is 3. The normalized spacial score (nSPS) is 12.9. The second kappa shape index (κ2) is 5.19. The first-order chi connectivity index (χ1) is 8.93. The van der Waals surface area contributed by atoms with Crippen molar-refractivity contribution >= 4 is 17.4 Å². The van der Waals surface area contributed by atoms with Crippen molar-refractivity contribution in [3.05, 3.63) is 40.3 Å². The molecule has 2 aromatic rings. The van der Waals surface area contributed by atoms with Gasteiger partial charge in [-0.05, 0) is 12.0 Å². The highest BCUT2D eigenvalue weighted by molar-refractivity contribution is 6.30. The van der Waals surface area contributed by atoms with Crippen LogP contribution < -0.4 is 5.73 Å². The summed E-state index contributed by atoms with van der Waals surface area (Å²) in [5, 5.41) is 15.3. The van der Waals surface area contributed by atoms with E-state index in [1.54, 1.807) is 30.1 Å². The molecule has 2 rings (SSSR count). The van der Waals surface area contributed by atoms with E-state index in [1.807, 2.05) is 13.8 Å². The molecule has 0 aromatic carbocycles. The summed E-state index contributed by atoms with van der Waals surface area (Å²) in [5.74, 6) is 0.450. The van der Waals surface area contributed by atoms with E-state index in [0.29, 0.717) is 22.1 Å². The highest BCUT2D eigenvalue weighted by Gasteiger charge is 2.26. The van der Waals surface area contributed by atoms with Crippen LogP contribution in [0, 0.1) is 0 Å². The molecule has 19 heavy (non-hydrogen) atoms. The van der Waals surface area contributed by atoms with Gasteiger partial charge < -0.3 is 10.8 Å².